The van der Waals surface area contributed by atoms with Crippen molar-refractivity contribution in [1.82, 2.24) is 14.7 Å². The van der Waals surface area contributed by atoms with Gasteiger partial charge < -0.3 is 10.6 Å². The number of carbonyl (C=O) groups excluding carboxylic acids is 1. The molecule has 100 valence electrons. The monoisotopic (exact) mass is 250 g/mol. The van der Waals surface area contributed by atoms with Gasteiger partial charge in [-0.25, -0.2) is 0 Å². The van der Waals surface area contributed by atoms with Gasteiger partial charge in [-0.3, -0.25) is 9.48 Å². The second kappa shape index (κ2) is 5.89. The van der Waals surface area contributed by atoms with Crippen LogP contribution in [0.25, 0.3) is 0 Å². The minimum Gasteiger partial charge on any atom is -0.382 e. The number of likely N-dealkylation sites (tertiary alicyclic amines) is 1. The average Bonchev–Trinajstić information content (AvgIpc) is 2.69. The first kappa shape index (κ1) is 12.9. The third kappa shape index (κ3) is 3.48. The molecule has 0 aromatic carbocycles. The van der Waals surface area contributed by atoms with Crippen molar-refractivity contribution in [2.24, 2.45) is 5.92 Å². The maximum atomic E-state index is 11.9. The summed E-state index contributed by atoms with van der Waals surface area (Å²) in [4.78, 5) is 13.9. The van der Waals surface area contributed by atoms with Crippen LogP contribution < -0.4 is 5.73 Å². The molecule has 1 fully saturated rings. The molecule has 18 heavy (non-hydrogen) atoms. The molecule has 5 heteroatoms. The molecule has 0 saturated carbocycles. The molecule has 2 heterocycles. The zero-order valence-electron chi connectivity index (χ0n) is 11.0. The first-order valence-electron chi connectivity index (χ1n) is 6.72. The summed E-state index contributed by atoms with van der Waals surface area (Å²) in [6.07, 6.45) is 5.67. The highest BCUT2D eigenvalue weighted by Gasteiger charge is 2.19. The minimum absolute atomic E-state index is 0.305. The molecule has 2 N–H and O–H groups in total. The van der Waals surface area contributed by atoms with E-state index in [1.807, 2.05) is 15.8 Å². The van der Waals surface area contributed by atoms with E-state index < -0.39 is 0 Å². The lowest BCUT2D eigenvalue weighted by atomic mass is 10.0. The van der Waals surface area contributed by atoms with Crippen LogP contribution in [0.15, 0.2) is 12.3 Å². The molecular formula is C13H22N4O. The molecule has 1 unspecified atom stereocenters. The SMILES string of the molecule is CC1CCC(=O)N(CCCn2ccc(N)n2)CC1. The third-order valence-corrected chi connectivity index (χ3v) is 3.57. The topological polar surface area (TPSA) is 64.2 Å². The summed E-state index contributed by atoms with van der Waals surface area (Å²) in [6, 6.07) is 1.79. The van der Waals surface area contributed by atoms with E-state index in [0.29, 0.717) is 24.1 Å². The van der Waals surface area contributed by atoms with Crippen molar-refractivity contribution in [1.29, 1.82) is 0 Å². The van der Waals surface area contributed by atoms with Gasteiger partial charge in [0.1, 0.15) is 5.82 Å². The van der Waals surface area contributed by atoms with Gasteiger partial charge in [-0.2, -0.15) is 5.10 Å². The highest BCUT2D eigenvalue weighted by Crippen LogP contribution is 2.17. The highest BCUT2D eigenvalue weighted by molar-refractivity contribution is 5.76. The van der Waals surface area contributed by atoms with Crippen molar-refractivity contribution in [2.45, 2.75) is 39.2 Å². The van der Waals surface area contributed by atoms with E-state index in [1.54, 1.807) is 6.07 Å². The zero-order valence-corrected chi connectivity index (χ0v) is 11.0. The lowest BCUT2D eigenvalue weighted by Crippen LogP contribution is -2.31. The predicted octanol–water partition coefficient (Wildman–Crippen LogP) is 1.50. The number of carbonyl (C=O) groups is 1. The molecule has 0 aliphatic carbocycles. The normalized spacial score (nSPS) is 21.1. The van der Waals surface area contributed by atoms with Gasteiger partial charge in [0.2, 0.25) is 5.91 Å². The van der Waals surface area contributed by atoms with Crippen LogP contribution in [0.4, 0.5) is 5.82 Å². The highest BCUT2D eigenvalue weighted by atomic mass is 16.2. The van der Waals surface area contributed by atoms with E-state index in [4.69, 9.17) is 5.73 Å². The van der Waals surface area contributed by atoms with E-state index in [9.17, 15) is 4.79 Å². The number of nitrogens with zero attached hydrogens (tertiary/aromatic N) is 3. The first-order chi connectivity index (χ1) is 8.65. The molecule has 1 aromatic rings. The Hall–Kier alpha value is -1.52. The Balaban J connectivity index is 1.76. The van der Waals surface area contributed by atoms with Gasteiger partial charge in [-0.1, -0.05) is 6.92 Å². The van der Waals surface area contributed by atoms with Crippen molar-refractivity contribution in [3.05, 3.63) is 12.3 Å². The van der Waals surface area contributed by atoms with Crippen LogP contribution in [0, 0.1) is 5.92 Å². The predicted molar refractivity (Wildman–Crippen MR) is 70.9 cm³/mol. The van der Waals surface area contributed by atoms with E-state index in [-0.39, 0.29) is 0 Å². The quantitative estimate of drug-likeness (QED) is 0.880. The van der Waals surface area contributed by atoms with Gasteiger partial charge in [0.25, 0.3) is 0 Å². The molecule has 1 aliphatic rings. The van der Waals surface area contributed by atoms with Crippen molar-refractivity contribution in [2.75, 3.05) is 18.8 Å². The summed E-state index contributed by atoms with van der Waals surface area (Å²) in [5.74, 6) is 1.53. The number of aromatic nitrogens is 2. The Morgan fingerprint density at radius 1 is 1.44 bits per heavy atom. The molecule has 1 aromatic heterocycles. The summed E-state index contributed by atoms with van der Waals surface area (Å²) in [6.45, 7) is 4.77. The Kier molecular flexibility index (Phi) is 4.23. The number of hydrogen-bond acceptors (Lipinski definition) is 3. The van der Waals surface area contributed by atoms with E-state index >= 15 is 0 Å². The molecule has 1 aliphatic heterocycles. The number of anilines is 1. The molecule has 1 amide bonds. The van der Waals surface area contributed by atoms with Crippen LogP contribution in [-0.2, 0) is 11.3 Å². The Morgan fingerprint density at radius 3 is 3.00 bits per heavy atom. The zero-order chi connectivity index (χ0) is 13.0. The van der Waals surface area contributed by atoms with Crippen LogP contribution in [-0.4, -0.2) is 33.7 Å². The van der Waals surface area contributed by atoms with E-state index in [2.05, 4.69) is 12.0 Å². The lowest BCUT2D eigenvalue weighted by molar-refractivity contribution is -0.130. The first-order valence-corrected chi connectivity index (χ1v) is 6.72. The third-order valence-electron chi connectivity index (χ3n) is 3.57. The summed E-state index contributed by atoms with van der Waals surface area (Å²) in [5.41, 5.74) is 5.55. The number of hydrogen-bond donors (Lipinski definition) is 1. The van der Waals surface area contributed by atoms with Crippen LogP contribution in [0.5, 0.6) is 0 Å². The summed E-state index contributed by atoms with van der Waals surface area (Å²) < 4.78 is 1.83. The Bertz CT molecular complexity index is 401. The fourth-order valence-electron chi connectivity index (χ4n) is 2.34. The Labute approximate surface area is 108 Å². The van der Waals surface area contributed by atoms with Crippen molar-refractivity contribution in [3.8, 4) is 0 Å². The fourth-order valence-corrected chi connectivity index (χ4v) is 2.34. The molecule has 0 radical (unpaired) electrons. The molecule has 5 nitrogen and oxygen atoms in total. The van der Waals surface area contributed by atoms with Gasteiger partial charge in [0.15, 0.2) is 0 Å². The molecule has 0 spiro atoms. The summed E-state index contributed by atoms with van der Waals surface area (Å²) in [7, 11) is 0. The van der Waals surface area contributed by atoms with E-state index in [0.717, 1.165) is 38.9 Å². The maximum absolute atomic E-state index is 11.9. The number of rotatable bonds is 4. The fraction of sp³-hybridized carbons (Fsp3) is 0.692. The lowest BCUT2D eigenvalue weighted by Gasteiger charge is -2.20. The number of nitrogens with two attached hydrogens (primary N) is 1. The second-order valence-corrected chi connectivity index (χ2v) is 5.17. The molecule has 1 atom stereocenters. The number of aryl methyl sites for hydroxylation is 1. The number of amides is 1. The van der Waals surface area contributed by atoms with Crippen LogP contribution in [0.3, 0.4) is 0 Å². The largest absolute Gasteiger partial charge is 0.382 e. The van der Waals surface area contributed by atoms with Crippen LogP contribution in [0.1, 0.15) is 32.6 Å². The van der Waals surface area contributed by atoms with Crippen molar-refractivity contribution < 1.29 is 4.79 Å². The van der Waals surface area contributed by atoms with Crippen LogP contribution in [0.2, 0.25) is 0 Å². The molecule has 0 bridgehead atoms. The smallest absolute Gasteiger partial charge is 0.222 e. The standard InChI is InChI=1S/C13H22N4O/c1-11-3-4-13(18)16(9-5-11)7-2-8-17-10-6-12(14)15-17/h6,10-11H,2-5,7-9H2,1H3,(H2,14,15). The minimum atomic E-state index is 0.305. The van der Waals surface area contributed by atoms with Crippen molar-refractivity contribution >= 4 is 11.7 Å². The second-order valence-electron chi connectivity index (χ2n) is 5.17. The van der Waals surface area contributed by atoms with Crippen molar-refractivity contribution in [3.63, 3.8) is 0 Å². The Morgan fingerprint density at radius 2 is 2.28 bits per heavy atom. The average molecular weight is 250 g/mol. The molecule has 1 saturated heterocycles. The molecular weight excluding hydrogens is 228 g/mol. The van der Waals surface area contributed by atoms with Gasteiger partial charge in [0.05, 0.1) is 0 Å². The van der Waals surface area contributed by atoms with Gasteiger partial charge in [0, 0.05) is 32.3 Å². The van der Waals surface area contributed by atoms with Gasteiger partial charge in [-0.15, -0.1) is 0 Å². The van der Waals surface area contributed by atoms with E-state index in [1.165, 1.54) is 0 Å². The molecule has 2 rings (SSSR count). The summed E-state index contributed by atoms with van der Waals surface area (Å²) in [5, 5.41) is 4.13. The van der Waals surface area contributed by atoms with Gasteiger partial charge >= 0.3 is 0 Å². The van der Waals surface area contributed by atoms with Gasteiger partial charge in [-0.05, 0) is 31.2 Å². The van der Waals surface area contributed by atoms with Crippen LogP contribution >= 0.6 is 0 Å². The number of nitrogen functional groups attached to an aromatic ring is 1. The maximum Gasteiger partial charge on any atom is 0.222 e. The summed E-state index contributed by atoms with van der Waals surface area (Å²) >= 11 is 0.